The molecule has 0 radical (unpaired) electrons. The molecule has 0 aromatic rings. The number of likely N-dealkylation sites (N-methyl/N-ethyl adjacent to an activating group) is 1. The predicted molar refractivity (Wildman–Crippen MR) is 96.2 cm³/mol. The molecule has 1 rings (SSSR count). The lowest BCUT2D eigenvalue weighted by Crippen LogP contribution is -2.39. The summed E-state index contributed by atoms with van der Waals surface area (Å²) in [5, 5.41) is 6.39. The molecule has 0 aliphatic carbocycles. The lowest BCUT2D eigenvalue weighted by atomic mass is 10.1. The van der Waals surface area contributed by atoms with Crippen LogP contribution in [0.15, 0.2) is 16.6 Å². The van der Waals surface area contributed by atoms with Gasteiger partial charge in [-0.3, -0.25) is 4.79 Å². The van der Waals surface area contributed by atoms with Crippen molar-refractivity contribution < 1.29 is 9.53 Å². The Bertz CT molecular complexity index is 370. The first-order valence-corrected chi connectivity index (χ1v) is 7.11. The Morgan fingerprint density at radius 3 is 2.76 bits per heavy atom. The normalized spacial score (nSPS) is 14.8. The monoisotopic (exact) mass is 410 g/mol. The number of aliphatic imine (C=N–C) groups is 1. The van der Waals surface area contributed by atoms with Crippen molar-refractivity contribution in [2.24, 2.45) is 4.99 Å². The second-order valence-corrected chi connectivity index (χ2v) is 4.85. The fourth-order valence-electron chi connectivity index (χ4n) is 1.76. The van der Waals surface area contributed by atoms with Gasteiger partial charge in [0.2, 0.25) is 5.91 Å². The largest absolute Gasteiger partial charge is 0.377 e. The van der Waals surface area contributed by atoms with Gasteiger partial charge in [0.05, 0.1) is 13.2 Å². The molecule has 0 atom stereocenters. The van der Waals surface area contributed by atoms with Crippen LogP contribution in [0.5, 0.6) is 0 Å². The topological polar surface area (TPSA) is 66.0 Å². The number of amides is 1. The first-order chi connectivity index (χ1) is 9.63. The summed E-state index contributed by atoms with van der Waals surface area (Å²) in [6.07, 6.45) is 4.13. The fraction of sp³-hybridized carbons (Fsp3) is 0.714. The molecule has 1 aliphatic rings. The number of nitrogens with zero attached hydrogens (tertiary/aromatic N) is 2. The second kappa shape index (κ2) is 11.8. The third-order valence-corrected chi connectivity index (χ3v) is 3.01. The van der Waals surface area contributed by atoms with Crippen molar-refractivity contribution >= 4 is 35.8 Å². The molecular weight excluding hydrogens is 383 g/mol. The van der Waals surface area contributed by atoms with E-state index in [2.05, 4.69) is 21.7 Å². The van der Waals surface area contributed by atoms with E-state index < -0.39 is 0 Å². The molecular formula is C14H27IN4O2. The zero-order valence-electron chi connectivity index (χ0n) is 13.1. The summed E-state index contributed by atoms with van der Waals surface area (Å²) in [5.74, 6) is 0.685. The van der Waals surface area contributed by atoms with Crippen LogP contribution in [0.1, 0.15) is 19.8 Å². The summed E-state index contributed by atoms with van der Waals surface area (Å²) in [4.78, 5) is 17.3. The molecule has 0 spiro atoms. The molecule has 6 nitrogen and oxygen atoms in total. The molecule has 0 aromatic heterocycles. The smallest absolute Gasteiger partial charge is 0.243 e. The van der Waals surface area contributed by atoms with Crippen LogP contribution in [0, 0.1) is 0 Å². The number of halogens is 1. The van der Waals surface area contributed by atoms with Crippen molar-refractivity contribution in [2.75, 3.05) is 46.9 Å². The van der Waals surface area contributed by atoms with Gasteiger partial charge in [0.1, 0.15) is 6.54 Å². The van der Waals surface area contributed by atoms with E-state index in [9.17, 15) is 4.79 Å². The standard InChI is InChI=1S/C14H26N4O2.HI/c1-4-15-14(17-11-13(19)18(2)3)16-8-5-12-6-9-20-10-7-12;/h6H,4-5,7-11H2,1-3H3,(H2,15,16,17);1H. The minimum absolute atomic E-state index is 0. The van der Waals surface area contributed by atoms with Gasteiger partial charge in [-0.15, -0.1) is 24.0 Å². The highest BCUT2D eigenvalue weighted by molar-refractivity contribution is 14.0. The van der Waals surface area contributed by atoms with Gasteiger partial charge in [0, 0.05) is 27.2 Å². The second-order valence-electron chi connectivity index (χ2n) is 4.85. The Balaban J connectivity index is 0.00000400. The van der Waals surface area contributed by atoms with Crippen LogP contribution in [0.25, 0.3) is 0 Å². The SMILES string of the molecule is CCNC(=NCC(=O)N(C)C)NCCC1=CCOCC1.I. The van der Waals surface area contributed by atoms with Gasteiger partial charge in [-0.1, -0.05) is 11.6 Å². The number of hydrogen-bond acceptors (Lipinski definition) is 3. The van der Waals surface area contributed by atoms with Crippen molar-refractivity contribution in [1.29, 1.82) is 0 Å². The molecule has 1 heterocycles. The molecule has 0 unspecified atom stereocenters. The molecule has 0 fully saturated rings. The predicted octanol–water partition coefficient (Wildman–Crippen LogP) is 0.984. The zero-order valence-corrected chi connectivity index (χ0v) is 15.5. The van der Waals surface area contributed by atoms with Crippen LogP contribution in [-0.2, 0) is 9.53 Å². The van der Waals surface area contributed by atoms with Crippen LogP contribution in [0.3, 0.4) is 0 Å². The van der Waals surface area contributed by atoms with Crippen LogP contribution >= 0.6 is 24.0 Å². The van der Waals surface area contributed by atoms with E-state index in [-0.39, 0.29) is 36.4 Å². The maximum atomic E-state index is 11.5. The van der Waals surface area contributed by atoms with Crippen LogP contribution in [0.4, 0.5) is 0 Å². The minimum atomic E-state index is -0.00524. The van der Waals surface area contributed by atoms with Crippen molar-refractivity contribution in [3.8, 4) is 0 Å². The van der Waals surface area contributed by atoms with Gasteiger partial charge in [-0.2, -0.15) is 0 Å². The van der Waals surface area contributed by atoms with Crippen LogP contribution in [-0.4, -0.2) is 63.7 Å². The third kappa shape index (κ3) is 8.92. The summed E-state index contributed by atoms with van der Waals surface area (Å²) in [7, 11) is 3.46. The van der Waals surface area contributed by atoms with Crippen molar-refractivity contribution in [3.05, 3.63) is 11.6 Å². The van der Waals surface area contributed by atoms with E-state index in [0.29, 0.717) is 5.96 Å². The van der Waals surface area contributed by atoms with E-state index in [1.54, 1.807) is 19.0 Å². The first-order valence-electron chi connectivity index (χ1n) is 7.11. The fourth-order valence-corrected chi connectivity index (χ4v) is 1.76. The summed E-state index contributed by atoms with van der Waals surface area (Å²) in [6.45, 7) is 5.30. The molecule has 7 heteroatoms. The Hall–Kier alpha value is -0.830. The molecule has 0 saturated carbocycles. The number of ether oxygens (including phenoxy) is 1. The number of nitrogens with one attached hydrogen (secondary N) is 2. The van der Waals surface area contributed by atoms with Gasteiger partial charge in [0.25, 0.3) is 0 Å². The highest BCUT2D eigenvalue weighted by Gasteiger charge is 2.05. The molecule has 0 aromatic carbocycles. The molecule has 1 aliphatic heterocycles. The average Bonchev–Trinajstić information content (AvgIpc) is 2.45. The molecule has 0 saturated heterocycles. The molecule has 1 amide bonds. The lowest BCUT2D eigenvalue weighted by Gasteiger charge is -2.15. The Kier molecular flexibility index (Phi) is 11.3. The van der Waals surface area contributed by atoms with Gasteiger partial charge in [-0.25, -0.2) is 4.99 Å². The summed E-state index contributed by atoms with van der Waals surface area (Å²) in [6, 6.07) is 0. The maximum absolute atomic E-state index is 11.5. The molecule has 122 valence electrons. The van der Waals surface area contributed by atoms with E-state index in [1.165, 1.54) is 5.57 Å². The summed E-state index contributed by atoms with van der Waals surface area (Å²) >= 11 is 0. The highest BCUT2D eigenvalue weighted by Crippen LogP contribution is 2.10. The van der Waals surface area contributed by atoms with Crippen LogP contribution in [0.2, 0.25) is 0 Å². The van der Waals surface area contributed by atoms with Crippen molar-refractivity contribution in [3.63, 3.8) is 0 Å². The minimum Gasteiger partial charge on any atom is -0.377 e. The quantitative estimate of drug-likeness (QED) is 0.297. The van der Waals surface area contributed by atoms with Gasteiger partial charge >= 0.3 is 0 Å². The van der Waals surface area contributed by atoms with E-state index in [1.807, 2.05) is 6.92 Å². The van der Waals surface area contributed by atoms with Crippen LogP contribution < -0.4 is 10.6 Å². The number of rotatable bonds is 6. The Morgan fingerprint density at radius 1 is 1.43 bits per heavy atom. The first kappa shape index (κ1) is 20.2. The third-order valence-electron chi connectivity index (χ3n) is 3.01. The summed E-state index contributed by atoms with van der Waals surface area (Å²) in [5.41, 5.74) is 1.42. The molecule has 0 bridgehead atoms. The molecule has 21 heavy (non-hydrogen) atoms. The van der Waals surface area contributed by atoms with Crippen molar-refractivity contribution in [1.82, 2.24) is 15.5 Å². The number of carbonyl (C=O) groups excluding carboxylic acids is 1. The van der Waals surface area contributed by atoms with Gasteiger partial charge in [0.15, 0.2) is 5.96 Å². The number of guanidine groups is 1. The average molecular weight is 410 g/mol. The summed E-state index contributed by atoms with van der Waals surface area (Å²) < 4.78 is 5.28. The van der Waals surface area contributed by atoms with Gasteiger partial charge in [-0.05, 0) is 19.8 Å². The number of carbonyl (C=O) groups is 1. The van der Waals surface area contributed by atoms with E-state index in [4.69, 9.17) is 4.74 Å². The van der Waals surface area contributed by atoms with E-state index in [0.717, 1.165) is 39.1 Å². The Labute approximate surface area is 144 Å². The Morgan fingerprint density at radius 2 is 2.19 bits per heavy atom. The highest BCUT2D eigenvalue weighted by atomic mass is 127. The maximum Gasteiger partial charge on any atom is 0.243 e. The lowest BCUT2D eigenvalue weighted by molar-refractivity contribution is -0.127. The van der Waals surface area contributed by atoms with Crippen molar-refractivity contribution in [2.45, 2.75) is 19.8 Å². The number of hydrogen-bond donors (Lipinski definition) is 2. The zero-order chi connectivity index (χ0) is 14.8. The van der Waals surface area contributed by atoms with Gasteiger partial charge < -0.3 is 20.3 Å². The molecule has 2 N–H and O–H groups in total. The van der Waals surface area contributed by atoms with E-state index >= 15 is 0 Å².